The SMILES string of the molecule is CC(C)(COc1ncccc1OC(F)(F)F)C(=O)N[C@H]1CN(C(=O)O)CC12CC2. The van der Waals surface area contributed by atoms with E-state index in [4.69, 9.17) is 4.74 Å². The summed E-state index contributed by atoms with van der Waals surface area (Å²) in [5.41, 5.74) is -1.32. The third kappa shape index (κ3) is 4.83. The van der Waals surface area contributed by atoms with E-state index in [1.165, 1.54) is 17.2 Å². The number of amides is 2. The molecule has 0 radical (unpaired) electrons. The first-order chi connectivity index (χ1) is 13.4. The van der Waals surface area contributed by atoms with E-state index >= 15 is 0 Å². The van der Waals surface area contributed by atoms with E-state index in [1.807, 2.05) is 0 Å². The van der Waals surface area contributed by atoms with Crippen LogP contribution in [0.5, 0.6) is 11.6 Å². The minimum absolute atomic E-state index is 0.210. The number of halogens is 3. The standard InChI is InChI=1S/C18H22F3N3O5/c1-16(2,10-28-13-11(4-3-7-22-13)29-18(19,20)21)14(25)23-12-8-24(15(26)27)9-17(12)5-6-17/h3-4,7,12H,5-6,8-10H2,1-2H3,(H,23,25)(H,26,27)/t12-/m0/s1. The van der Waals surface area contributed by atoms with Gasteiger partial charge in [-0.1, -0.05) is 0 Å². The summed E-state index contributed by atoms with van der Waals surface area (Å²) in [6.45, 7) is 3.52. The van der Waals surface area contributed by atoms with Crippen molar-refractivity contribution in [1.82, 2.24) is 15.2 Å². The largest absolute Gasteiger partial charge is 0.573 e. The number of rotatable bonds is 6. The van der Waals surface area contributed by atoms with Crippen LogP contribution in [0.2, 0.25) is 0 Å². The van der Waals surface area contributed by atoms with Crippen molar-refractivity contribution in [2.45, 2.75) is 39.1 Å². The summed E-state index contributed by atoms with van der Waals surface area (Å²) in [4.78, 5) is 29.0. The molecule has 1 saturated carbocycles. The number of hydrogen-bond acceptors (Lipinski definition) is 5. The van der Waals surface area contributed by atoms with Crippen molar-refractivity contribution < 1.29 is 37.3 Å². The number of hydrogen-bond donors (Lipinski definition) is 2. The molecule has 0 unspecified atom stereocenters. The molecule has 8 nitrogen and oxygen atoms in total. The summed E-state index contributed by atoms with van der Waals surface area (Å²) in [6.07, 6.45) is -3.00. The molecule has 29 heavy (non-hydrogen) atoms. The third-order valence-electron chi connectivity index (χ3n) is 5.26. The normalized spacial score (nSPS) is 20.4. The van der Waals surface area contributed by atoms with Gasteiger partial charge in [-0.05, 0) is 38.8 Å². The molecule has 1 aliphatic heterocycles. The molecule has 3 rings (SSSR count). The zero-order chi connectivity index (χ0) is 21.4. The van der Waals surface area contributed by atoms with E-state index in [-0.39, 0.29) is 36.4 Å². The fourth-order valence-electron chi connectivity index (χ4n) is 3.34. The van der Waals surface area contributed by atoms with Crippen molar-refractivity contribution in [3.63, 3.8) is 0 Å². The van der Waals surface area contributed by atoms with Crippen molar-refractivity contribution >= 4 is 12.0 Å². The van der Waals surface area contributed by atoms with Crippen LogP contribution >= 0.6 is 0 Å². The van der Waals surface area contributed by atoms with Crippen molar-refractivity contribution in [3.8, 4) is 11.6 Å². The predicted molar refractivity (Wildman–Crippen MR) is 93.4 cm³/mol. The lowest BCUT2D eigenvalue weighted by Crippen LogP contribution is -2.49. The lowest BCUT2D eigenvalue weighted by Gasteiger charge is -2.27. The second kappa shape index (κ2) is 7.27. The molecule has 1 aromatic heterocycles. The molecule has 1 spiro atoms. The van der Waals surface area contributed by atoms with Crippen molar-refractivity contribution in [2.24, 2.45) is 10.8 Å². The predicted octanol–water partition coefficient (Wildman–Crippen LogP) is 2.64. The second-order valence-corrected chi connectivity index (χ2v) is 8.08. The van der Waals surface area contributed by atoms with Crippen LogP contribution in [0.3, 0.4) is 0 Å². The number of aromatic nitrogens is 1. The third-order valence-corrected chi connectivity index (χ3v) is 5.26. The van der Waals surface area contributed by atoms with Crippen molar-refractivity contribution in [3.05, 3.63) is 18.3 Å². The number of nitrogens with one attached hydrogen (secondary N) is 1. The first-order valence-corrected chi connectivity index (χ1v) is 9.04. The Balaban J connectivity index is 1.62. The summed E-state index contributed by atoms with van der Waals surface area (Å²) in [7, 11) is 0. The summed E-state index contributed by atoms with van der Waals surface area (Å²) < 4.78 is 46.8. The molecule has 160 valence electrons. The number of alkyl halides is 3. The monoisotopic (exact) mass is 417 g/mol. The van der Waals surface area contributed by atoms with Gasteiger partial charge in [-0.15, -0.1) is 13.2 Å². The number of likely N-dealkylation sites (tertiary alicyclic amines) is 1. The number of pyridine rings is 1. The van der Waals surface area contributed by atoms with Gasteiger partial charge in [0.1, 0.15) is 6.61 Å². The zero-order valence-electron chi connectivity index (χ0n) is 16.0. The molecule has 2 heterocycles. The molecule has 1 saturated heterocycles. The van der Waals surface area contributed by atoms with Gasteiger partial charge in [0.25, 0.3) is 5.88 Å². The van der Waals surface area contributed by atoms with E-state index in [2.05, 4.69) is 15.0 Å². The van der Waals surface area contributed by atoms with Crippen LogP contribution in [0.1, 0.15) is 26.7 Å². The molecule has 0 aromatic carbocycles. The Morgan fingerprint density at radius 1 is 1.38 bits per heavy atom. The number of carbonyl (C=O) groups is 2. The van der Waals surface area contributed by atoms with Gasteiger partial charge in [0.2, 0.25) is 5.91 Å². The molecule has 11 heteroatoms. The van der Waals surface area contributed by atoms with Crippen LogP contribution in [-0.2, 0) is 4.79 Å². The van der Waals surface area contributed by atoms with E-state index < -0.39 is 23.6 Å². The lowest BCUT2D eigenvalue weighted by molar-refractivity contribution is -0.275. The van der Waals surface area contributed by atoms with Gasteiger partial charge in [-0.3, -0.25) is 4.79 Å². The molecule has 2 fully saturated rings. The number of nitrogens with zero attached hydrogens (tertiary/aromatic N) is 2. The molecule has 1 atom stereocenters. The highest BCUT2D eigenvalue weighted by atomic mass is 19.4. The highest BCUT2D eigenvalue weighted by Gasteiger charge is 2.57. The van der Waals surface area contributed by atoms with Gasteiger partial charge in [-0.25, -0.2) is 9.78 Å². The Kier molecular flexibility index (Phi) is 5.26. The van der Waals surface area contributed by atoms with Crippen molar-refractivity contribution in [2.75, 3.05) is 19.7 Å². The van der Waals surface area contributed by atoms with Gasteiger partial charge in [0.05, 0.1) is 11.5 Å². The van der Waals surface area contributed by atoms with Crippen LogP contribution < -0.4 is 14.8 Å². The van der Waals surface area contributed by atoms with E-state index in [0.717, 1.165) is 18.9 Å². The van der Waals surface area contributed by atoms with E-state index in [1.54, 1.807) is 13.8 Å². The fourth-order valence-corrected chi connectivity index (χ4v) is 3.34. The Morgan fingerprint density at radius 2 is 2.07 bits per heavy atom. The molecule has 1 aliphatic carbocycles. The maximum Gasteiger partial charge on any atom is 0.573 e. The van der Waals surface area contributed by atoms with E-state index in [9.17, 15) is 27.9 Å². The van der Waals surface area contributed by atoms with Crippen LogP contribution in [-0.4, -0.2) is 59.1 Å². The Bertz CT molecular complexity index is 795. The highest BCUT2D eigenvalue weighted by Crippen LogP contribution is 2.53. The van der Waals surface area contributed by atoms with Crippen LogP contribution in [0, 0.1) is 10.8 Å². The maximum atomic E-state index is 12.8. The average molecular weight is 417 g/mol. The number of ether oxygens (including phenoxy) is 2. The van der Waals surface area contributed by atoms with Gasteiger partial charge in [0.15, 0.2) is 5.75 Å². The summed E-state index contributed by atoms with van der Waals surface area (Å²) in [6, 6.07) is 2.04. The zero-order valence-corrected chi connectivity index (χ0v) is 16.0. The number of carbonyl (C=O) groups excluding carboxylic acids is 1. The second-order valence-electron chi connectivity index (χ2n) is 8.08. The Hall–Kier alpha value is -2.72. The van der Waals surface area contributed by atoms with Crippen LogP contribution in [0.15, 0.2) is 18.3 Å². The topological polar surface area (TPSA) is 101 Å². The molecular weight excluding hydrogens is 395 g/mol. The van der Waals surface area contributed by atoms with Gasteiger partial charge in [-0.2, -0.15) is 0 Å². The first-order valence-electron chi connectivity index (χ1n) is 9.04. The van der Waals surface area contributed by atoms with E-state index in [0.29, 0.717) is 6.54 Å². The quantitative estimate of drug-likeness (QED) is 0.738. The molecule has 0 bridgehead atoms. The number of carboxylic acid groups (broad SMARTS) is 1. The summed E-state index contributed by atoms with van der Waals surface area (Å²) in [5, 5.41) is 12.1. The Labute approximate surface area is 165 Å². The fraction of sp³-hybridized carbons (Fsp3) is 0.611. The highest BCUT2D eigenvalue weighted by molar-refractivity contribution is 5.82. The smallest absolute Gasteiger partial charge is 0.474 e. The first kappa shape index (κ1) is 21.0. The molecule has 1 aromatic rings. The average Bonchev–Trinajstić information content (AvgIpc) is 3.29. The molecule has 2 amide bonds. The van der Waals surface area contributed by atoms with Gasteiger partial charge < -0.3 is 24.8 Å². The Morgan fingerprint density at radius 3 is 2.66 bits per heavy atom. The minimum atomic E-state index is -4.90. The van der Waals surface area contributed by atoms with Crippen LogP contribution in [0.25, 0.3) is 0 Å². The summed E-state index contributed by atoms with van der Waals surface area (Å²) in [5.74, 6) is -1.35. The maximum absolute atomic E-state index is 12.8. The molecule has 2 N–H and O–H groups in total. The van der Waals surface area contributed by atoms with Gasteiger partial charge in [0, 0.05) is 24.7 Å². The lowest BCUT2D eigenvalue weighted by atomic mass is 9.91. The summed E-state index contributed by atoms with van der Waals surface area (Å²) >= 11 is 0. The molecule has 2 aliphatic rings. The molecular formula is C18H22F3N3O5. The van der Waals surface area contributed by atoms with Crippen LogP contribution in [0.4, 0.5) is 18.0 Å². The minimum Gasteiger partial charge on any atom is -0.474 e. The van der Waals surface area contributed by atoms with Gasteiger partial charge >= 0.3 is 12.5 Å². The van der Waals surface area contributed by atoms with Crippen molar-refractivity contribution in [1.29, 1.82) is 0 Å².